The van der Waals surface area contributed by atoms with Crippen molar-refractivity contribution in [3.63, 3.8) is 0 Å². The monoisotopic (exact) mass is 416 g/mol. The standard InChI is InChI=1S/C25H28N4O2/c30-25(20-9-6-15-28(17-20)23-10-4-5-14-26-23)29-16-13-22-21(18-29)27-24(31-22)12-11-19-7-2-1-3-8-19/h1-5,7-8,10,14,20H,6,9,11-13,15-18H2. The molecule has 0 bridgehead atoms. The number of pyridine rings is 1. The lowest BCUT2D eigenvalue weighted by atomic mass is 9.95. The van der Waals surface area contributed by atoms with Gasteiger partial charge >= 0.3 is 0 Å². The molecule has 6 heteroatoms. The first kappa shape index (κ1) is 19.8. The van der Waals surface area contributed by atoms with Crippen molar-refractivity contribution >= 4 is 11.7 Å². The van der Waals surface area contributed by atoms with Crippen LogP contribution in [0.5, 0.6) is 0 Å². The molecule has 2 aliphatic rings. The van der Waals surface area contributed by atoms with Crippen molar-refractivity contribution < 1.29 is 9.21 Å². The second-order valence-corrected chi connectivity index (χ2v) is 8.45. The minimum absolute atomic E-state index is 0.0155. The van der Waals surface area contributed by atoms with Gasteiger partial charge in [0.25, 0.3) is 0 Å². The van der Waals surface area contributed by atoms with E-state index in [1.54, 1.807) is 0 Å². The summed E-state index contributed by atoms with van der Waals surface area (Å²) >= 11 is 0. The average molecular weight is 417 g/mol. The van der Waals surface area contributed by atoms with Gasteiger partial charge in [-0.25, -0.2) is 9.97 Å². The highest BCUT2D eigenvalue weighted by molar-refractivity contribution is 5.80. The fourth-order valence-electron chi connectivity index (χ4n) is 4.63. The summed E-state index contributed by atoms with van der Waals surface area (Å²) in [6.07, 6.45) is 6.20. The molecule has 0 saturated carbocycles. The van der Waals surface area contributed by atoms with E-state index in [4.69, 9.17) is 9.40 Å². The molecular weight excluding hydrogens is 388 g/mol. The Kier molecular flexibility index (Phi) is 5.69. The van der Waals surface area contributed by atoms with Crippen LogP contribution in [0.25, 0.3) is 0 Å². The highest BCUT2D eigenvalue weighted by Crippen LogP contribution is 2.26. The zero-order valence-electron chi connectivity index (χ0n) is 17.7. The second-order valence-electron chi connectivity index (χ2n) is 8.45. The van der Waals surface area contributed by atoms with Gasteiger partial charge in [-0.2, -0.15) is 0 Å². The maximum atomic E-state index is 13.3. The van der Waals surface area contributed by atoms with E-state index < -0.39 is 0 Å². The normalized spacial score (nSPS) is 18.6. The summed E-state index contributed by atoms with van der Waals surface area (Å²) in [4.78, 5) is 26.7. The van der Waals surface area contributed by atoms with Gasteiger partial charge in [0, 0.05) is 38.7 Å². The van der Waals surface area contributed by atoms with Crippen molar-refractivity contribution in [1.29, 1.82) is 0 Å². The van der Waals surface area contributed by atoms with Gasteiger partial charge in [-0.1, -0.05) is 36.4 Å². The Morgan fingerprint density at radius 2 is 1.94 bits per heavy atom. The lowest BCUT2D eigenvalue weighted by Crippen LogP contribution is -2.46. The highest BCUT2D eigenvalue weighted by atomic mass is 16.4. The Bertz CT molecular complexity index is 1020. The molecule has 0 N–H and O–H groups in total. The number of nitrogens with zero attached hydrogens (tertiary/aromatic N) is 4. The number of oxazole rings is 1. The number of piperidine rings is 1. The molecule has 160 valence electrons. The van der Waals surface area contributed by atoms with Gasteiger partial charge in [0.15, 0.2) is 5.89 Å². The van der Waals surface area contributed by atoms with Crippen molar-refractivity contribution in [2.24, 2.45) is 5.92 Å². The second kappa shape index (κ2) is 8.92. The Labute approximate surface area is 182 Å². The molecule has 1 aromatic carbocycles. The maximum absolute atomic E-state index is 13.3. The molecule has 6 nitrogen and oxygen atoms in total. The third kappa shape index (κ3) is 4.48. The molecular formula is C25H28N4O2. The number of carbonyl (C=O) groups excluding carboxylic acids is 1. The lowest BCUT2D eigenvalue weighted by molar-refractivity contribution is -0.136. The number of anilines is 1. The predicted octanol–water partition coefficient (Wildman–Crippen LogP) is 3.66. The van der Waals surface area contributed by atoms with E-state index in [9.17, 15) is 4.79 Å². The van der Waals surface area contributed by atoms with Crippen molar-refractivity contribution in [3.8, 4) is 0 Å². The molecule has 1 unspecified atom stereocenters. The van der Waals surface area contributed by atoms with Crippen LogP contribution < -0.4 is 4.90 Å². The largest absolute Gasteiger partial charge is 0.445 e. The van der Waals surface area contributed by atoms with Crippen molar-refractivity contribution in [2.45, 2.75) is 38.6 Å². The third-order valence-electron chi connectivity index (χ3n) is 6.30. The van der Waals surface area contributed by atoms with E-state index in [-0.39, 0.29) is 11.8 Å². The Hall–Kier alpha value is -3.15. The number of carbonyl (C=O) groups is 1. The number of hydrogen-bond acceptors (Lipinski definition) is 5. The number of aromatic nitrogens is 2. The summed E-state index contributed by atoms with van der Waals surface area (Å²) in [6.45, 7) is 2.96. The molecule has 3 aromatic rings. The van der Waals surface area contributed by atoms with E-state index in [0.717, 1.165) is 68.4 Å². The molecule has 0 radical (unpaired) electrons. The first-order valence-electron chi connectivity index (χ1n) is 11.2. The van der Waals surface area contributed by atoms with Crippen LogP contribution in [-0.2, 0) is 30.6 Å². The quantitative estimate of drug-likeness (QED) is 0.635. The minimum atomic E-state index is 0.0155. The van der Waals surface area contributed by atoms with Crippen LogP contribution in [0.15, 0.2) is 59.1 Å². The maximum Gasteiger partial charge on any atom is 0.227 e. The summed E-state index contributed by atoms with van der Waals surface area (Å²) in [5, 5.41) is 0. The van der Waals surface area contributed by atoms with E-state index in [1.807, 2.05) is 35.4 Å². The summed E-state index contributed by atoms with van der Waals surface area (Å²) in [6, 6.07) is 16.3. The van der Waals surface area contributed by atoms with Crippen LogP contribution >= 0.6 is 0 Å². The number of amides is 1. The molecule has 0 aliphatic carbocycles. The van der Waals surface area contributed by atoms with Gasteiger partial charge in [0.05, 0.1) is 12.5 Å². The summed E-state index contributed by atoms with van der Waals surface area (Å²) in [5.41, 5.74) is 2.21. The molecule has 1 atom stereocenters. The molecule has 5 rings (SSSR count). The summed E-state index contributed by atoms with van der Waals surface area (Å²) < 4.78 is 6.01. The fourth-order valence-corrected chi connectivity index (χ4v) is 4.63. The molecule has 1 saturated heterocycles. The van der Waals surface area contributed by atoms with Gasteiger partial charge in [-0.3, -0.25) is 4.79 Å². The number of rotatable bonds is 5. The van der Waals surface area contributed by atoms with Gasteiger partial charge < -0.3 is 14.2 Å². The van der Waals surface area contributed by atoms with E-state index in [1.165, 1.54) is 5.56 Å². The summed E-state index contributed by atoms with van der Waals surface area (Å²) in [5.74, 6) is 2.94. The van der Waals surface area contributed by atoms with Gasteiger partial charge in [0.2, 0.25) is 5.91 Å². The first-order chi connectivity index (χ1) is 15.3. The van der Waals surface area contributed by atoms with Crippen LogP contribution in [-0.4, -0.2) is 40.4 Å². The van der Waals surface area contributed by atoms with E-state index in [0.29, 0.717) is 13.1 Å². The SMILES string of the molecule is O=C(C1CCCN(c2ccccn2)C1)N1CCc2oc(CCc3ccccc3)nc2C1. The summed E-state index contributed by atoms with van der Waals surface area (Å²) in [7, 11) is 0. The Morgan fingerprint density at radius 3 is 2.77 bits per heavy atom. The average Bonchev–Trinajstić information content (AvgIpc) is 3.26. The molecule has 1 amide bonds. The van der Waals surface area contributed by atoms with Crippen molar-refractivity contribution in [2.75, 3.05) is 24.5 Å². The zero-order valence-corrected chi connectivity index (χ0v) is 17.7. The van der Waals surface area contributed by atoms with E-state index in [2.05, 4.69) is 34.1 Å². The fraction of sp³-hybridized carbons (Fsp3) is 0.400. The van der Waals surface area contributed by atoms with Gasteiger partial charge in [0.1, 0.15) is 17.3 Å². The molecule has 2 aliphatic heterocycles. The van der Waals surface area contributed by atoms with Gasteiger partial charge in [-0.05, 0) is 37.0 Å². The molecule has 1 fully saturated rings. The molecule has 31 heavy (non-hydrogen) atoms. The van der Waals surface area contributed by atoms with Crippen molar-refractivity contribution in [3.05, 3.63) is 77.6 Å². The van der Waals surface area contributed by atoms with Crippen LogP contribution in [0.3, 0.4) is 0 Å². The number of aryl methyl sites for hydroxylation is 2. The van der Waals surface area contributed by atoms with Crippen LogP contribution in [0.2, 0.25) is 0 Å². The molecule has 2 aromatic heterocycles. The Morgan fingerprint density at radius 1 is 1.06 bits per heavy atom. The minimum Gasteiger partial charge on any atom is -0.445 e. The first-order valence-corrected chi connectivity index (χ1v) is 11.2. The van der Waals surface area contributed by atoms with Crippen LogP contribution in [0.4, 0.5) is 5.82 Å². The molecule has 0 spiro atoms. The highest BCUT2D eigenvalue weighted by Gasteiger charge is 2.33. The zero-order chi connectivity index (χ0) is 21.0. The van der Waals surface area contributed by atoms with Crippen LogP contribution in [0, 0.1) is 5.92 Å². The Balaban J connectivity index is 1.21. The molecule has 4 heterocycles. The van der Waals surface area contributed by atoms with Gasteiger partial charge in [-0.15, -0.1) is 0 Å². The topological polar surface area (TPSA) is 62.5 Å². The van der Waals surface area contributed by atoms with Crippen LogP contribution in [0.1, 0.15) is 35.7 Å². The lowest BCUT2D eigenvalue weighted by Gasteiger charge is -2.36. The third-order valence-corrected chi connectivity index (χ3v) is 6.30. The number of hydrogen-bond donors (Lipinski definition) is 0. The number of benzene rings is 1. The van der Waals surface area contributed by atoms with E-state index >= 15 is 0 Å². The number of fused-ring (bicyclic) bond motifs is 1. The van der Waals surface area contributed by atoms with Crippen molar-refractivity contribution in [1.82, 2.24) is 14.9 Å². The predicted molar refractivity (Wildman–Crippen MR) is 119 cm³/mol. The smallest absolute Gasteiger partial charge is 0.227 e.